The van der Waals surface area contributed by atoms with Gasteiger partial charge in [-0.25, -0.2) is 0 Å². The fourth-order valence-corrected chi connectivity index (χ4v) is 2.58. The van der Waals surface area contributed by atoms with Crippen molar-refractivity contribution in [3.63, 3.8) is 0 Å². The molecule has 1 heterocycles. The monoisotopic (exact) mass is 314 g/mol. The van der Waals surface area contributed by atoms with Crippen LogP contribution in [0.5, 0.6) is 0 Å². The third-order valence-corrected chi connectivity index (χ3v) is 4.03. The number of allylic oxidation sites excluding steroid dienone is 3. The SMILES string of the molecule is CCCCCC=CC=C(C(N)=O)C(C)CCCc1cccnc1. The zero-order valence-electron chi connectivity index (χ0n) is 14.5. The van der Waals surface area contributed by atoms with Gasteiger partial charge >= 0.3 is 0 Å². The quantitative estimate of drug-likeness (QED) is 0.369. The second-order valence-corrected chi connectivity index (χ2v) is 6.06. The number of nitrogens with two attached hydrogens (primary N) is 1. The van der Waals surface area contributed by atoms with Crippen LogP contribution in [0, 0.1) is 5.92 Å². The fraction of sp³-hybridized carbons (Fsp3) is 0.500. The van der Waals surface area contributed by atoms with Crippen molar-refractivity contribution in [2.24, 2.45) is 11.7 Å². The number of carbonyl (C=O) groups is 1. The van der Waals surface area contributed by atoms with Crippen molar-refractivity contribution < 1.29 is 4.79 Å². The number of amides is 1. The van der Waals surface area contributed by atoms with Gasteiger partial charge in [-0.1, -0.05) is 51.0 Å². The van der Waals surface area contributed by atoms with Crippen molar-refractivity contribution >= 4 is 5.91 Å². The number of carbonyl (C=O) groups excluding carboxylic acids is 1. The van der Waals surface area contributed by atoms with E-state index in [2.05, 4.69) is 31.0 Å². The summed E-state index contributed by atoms with van der Waals surface area (Å²) in [5.74, 6) is -0.124. The van der Waals surface area contributed by atoms with Gasteiger partial charge in [-0.2, -0.15) is 0 Å². The summed E-state index contributed by atoms with van der Waals surface area (Å²) < 4.78 is 0. The van der Waals surface area contributed by atoms with E-state index in [1.807, 2.05) is 24.4 Å². The fourth-order valence-electron chi connectivity index (χ4n) is 2.58. The molecule has 0 aliphatic rings. The Bertz CT molecular complexity index is 506. The van der Waals surface area contributed by atoms with Gasteiger partial charge < -0.3 is 5.73 Å². The number of rotatable bonds is 11. The van der Waals surface area contributed by atoms with Crippen molar-refractivity contribution in [2.45, 2.75) is 58.8 Å². The third-order valence-electron chi connectivity index (χ3n) is 4.03. The predicted octanol–water partition coefficient (Wildman–Crippen LogP) is 4.59. The van der Waals surface area contributed by atoms with Gasteiger partial charge in [-0.15, -0.1) is 0 Å². The molecule has 0 bridgehead atoms. The summed E-state index contributed by atoms with van der Waals surface area (Å²) in [5, 5.41) is 0. The van der Waals surface area contributed by atoms with Crippen LogP contribution in [0.3, 0.4) is 0 Å². The van der Waals surface area contributed by atoms with E-state index in [0.717, 1.165) is 31.3 Å². The van der Waals surface area contributed by atoms with Crippen molar-refractivity contribution in [1.29, 1.82) is 0 Å². The average molecular weight is 314 g/mol. The standard InChI is InChI=1S/C20H30N2O/c1-3-4-5-6-7-8-14-19(20(21)23)17(2)11-9-12-18-13-10-15-22-16-18/h7-8,10,13-17H,3-6,9,11-12H2,1-2H3,(H2,21,23). The van der Waals surface area contributed by atoms with Crippen molar-refractivity contribution in [2.75, 3.05) is 0 Å². The van der Waals surface area contributed by atoms with E-state index in [4.69, 9.17) is 5.73 Å². The van der Waals surface area contributed by atoms with Gasteiger partial charge in [0.2, 0.25) is 5.91 Å². The number of primary amides is 1. The van der Waals surface area contributed by atoms with Crippen LogP contribution in [-0.4, -0.2) is 10.9 Å². The largest absolute Gasteiger partial charge is 0.366 e. The second-order valence-electron chi connectivity index (χ2n) is 6.06. The molecule has 0 saturated carbocycles. The highest BCUT2D eigenvalue weighted by atomic mass is 16.1. The zero-order chi connectivity index (χ0) is 16.9. The average Bonchev–Trinajstić information content (AvgIpc) is 2.54. The Balaban J connectivity index is 2.44. The highest BCUT2D eigenvalue weighted by Gasteiger charge is 2.13. The Morgan fingerprint density at radius 1 is 1.35 bits per heavy atom. The Kier molecular flexibility index (Phi) is 9.69. The smallest absolute Gasteiger partial charge is 0.244 e. The Morgan fingerprint density at radius 3 is 2.83 bits per heavy atom. The van der Waals surface area contributed by atoms with Crippen LogP contribution in [0.15, 0.2) is 48.3 Å². The minimum absolute atomic E-state index is 0.185. The topological polar surface area (TPSA) is 56.0 Å². The maximum absolute atomic E-state index is 11.7. The number of unbranched alkanes of at least 4 members (excludes halogenated alkanes) is 3. The maximum atomic E-state index is 11.7. The summed E-state index contributed by atoms with van der Waals surface area (Å²) in [6.45, 7) is 4.27. The van der Waals surface area contributed by atoms with E-state index < -0.39 is 0 Å². The molecule has 3 nitrogen and oxygen atoms in total. The number of aromatic nitrogens is 1. The predicted molar refractivity (Wildman–Crippen MR) is 96.9 cm³/mol. The molecule has 2 N–H and O–H groups in total. The van der Waals surface area contributed by atoms with Gasteiger partial charge in [0.1, 0.15) is 0 Å². The summed E-state index contributed by atoms with van der Waals surface area (Å²) in [7, 11) is 0. The van der Waals surface area contributed by atoms with Gasteiger partial charge in [-0.05, 0) is 49.7 Å². The van der Waals surface area contributed by atoms with Gasteiger partial charge in [0.15, 0.2) is 0 Å². The van der Waals surface area contributed by atoms with Crippen LogP contribution in [0.1, 0.15) is 57.9 Å². The molecule has 1 unspecified atom stereocenters. The molecule has 1 aromatic heterocycles. The zero-order valence-corrected chi connectivity index (χ0v) is 14.5. The molecule has 1 aromatic rings. The van der Waals surface area contributed by atoms with E-state index in [1.54, 1.807) is 6.20 Å². The molecule has 0 radical (unpaired) electrons. The van der Waals surface area contributed by atoms with Crippen LogP contribution in [0.4, 0.5) is 0 Å². The van der Waals surface area contributed by atoms with Crippen molar-refractivity contribution in [1.82, 2.24) is 4.98 Å². The molecule has 0 fully saturated rings. The van der Waals surface area contributed by atoms with Crippen LogP contribution in [0.2, 0.25) is 0 Å². The molecule has 23 heavy (non-hydrogen) atoms. The van der Waals surface area contributed by atoms with Gasteiger partial charge in [0.05, 0.1) is 0 Å². The lowest BCUT2D eigenvalue weighted by Gasteiger charge is -2.12. The number of hydrogen-bond donors (Lipinski definition) is 1. The Morgan fingerprint density at radius 2 is 2.17 bits per heavy atom. The van der Waals surface area contributed by atoms with E-state index in [-0.39, 0.29) is 11.8 Å². The van der Waals surface area contributed by atoms with Crippen LogP contribution in [0.25, 0.3) is 0 Å². The summed E-state index contributed by atoms with van der Waals surface area (Å²) in [6, 6.07) is 4.04. The molecule has 0 aromatic carbocycles. The Labute approximate surface area is 140 Å². The molecule has 0 aliphatic carbocycles. The molecular weight excluding hydrogens is 284 g/mol. The first kappa shape index (κ1) is 19.1. The number of nitrogens with zero attached hydrogens (tertiary/aromatic N) is 1. The lowest BCUT2D eigenvalue weighted by atomic mass is 9.93. The number of pyridine rings is 1. The number of aryl methyl sites for hydroxylation is 1. The summed E-state index contributed by atoms with van der Waals surface area (Å²) in [5.41, 5.74) is 7.49. The highest BCUT2D eigenvalue weighted by molar-refractivity contribution is 5.92. The van der Waals surface area contributed by atoms with Crippen LogP contribution >= 0.6 is 0 Å². The lowest BCUT2D eigenvalue weighted by molar-refractivity contribution is -0.115. The van der Waals surface area contributed by atoms with Crippen LogP contribution < -0.4 is 5.73 Å². The lowest BCUT2D eigenvalue weighted by Crippen LogP contribution is -2.19. The van der Waals surface area contributed by atoms with E-state index in [0.29, 0.717) is 0 Å². The minimum Gasteiger partial charge on any atom is -0.366 e. The van der Waals surface area contributed by atoms with Gasteiger partial charge in [0, 0.05) is 18.0 Å². The van der Waals surface area contributed by atoms with Crippen molar-refractivity contribution in [3.8, 4) is 0 Å². The van der Waals surface area contributed by atoms with E-state index in [1.165, 1.54) is 24.8 Å². The van der Waals surface area contributed by atoms with Gasteiger partial charge in [-0.3, -0.25) is 9.78 Å². The maximum Gasteiger partial charge on any atom is 0.244 e. The Hall–Kier alpha value is -1.90. The van der Waals surface area contributed by atoms with Crippen LogP contribution in [-0.2, 0) is 11.2 Å². The summed E-state index contributed by atoms with van der Waals surface area (Å²) >= 11 is 0. The van der Waals surface area contributed by atoms with E-state index in [9.17, 15) is 4.79 Å². The number of hydrogen-bond acceptors (Lipinski definition) is 2. The first-order valence-electron chi connectivity index (χ1n) is 8.70. The molecule has 0 spiro atoms. The third kappa shape index (κ3) is 8.34. The first-order chi connectivity index (χ1) is 11.1. The first-order valence-corrected chi connectivity index (χ1v) is 8.70. The molecule has 126 valence electrons. The minimum atomic E-state index is -0.308. The highest BCUT2D eigenvalue weighted by Crippen LogP contribution is 2.18. The van der Waals surface area contributed by atoms with Crippen molar-refractivity contribution in [3.05, 3.63) is 53.9 Å². The van der Waals surface area contributed by atoms with E-state index >= 15 is 0 Å². The molecule has 1 atom stereocenters. The van der Waals surface area contributed by atoms with Gasteiger partial charge in [0.25, 0.3) is 0 Å². The molecule has 1 rings (SSSR count). The second kappa shape index (κ2) is 11.6. The summed E-state index contributed by atoms with van der Waals surface area (Å²) in [6.07, 6.45) is 17.4. The molecule has 1 amide bonds. The molecule has 0 saturated heterocycles. The molecular formula is C20H30N2O. The molecule has 0 aliphatic heterocycles. The summed E-state index contributed by atoms with van der Waals surface area (Å²) in [4.78, 5) is 15.8. The normalized spacial score (nSPS) is 13.4. The molecule has 3 heteroatoms.